The Morgan fingerprint density at radius 3 is 2.62 bits per heavy atom. The summed E-state index contributed by atoms with van der Waals surface area (Å²) < 4.78 is 7.79. The Kier molecular flexibility index (Phi) is 4.83. The van der Waals surface area contributed by atoms with Crippen LogP contribution >= 0.6 is 0 Å². The number of aromatic nitrogens is 4. The zero-order valence-electron chi connectivity index (χ0n) is 15.0. The lowest BCUT2D eigenvalue weighted by Crippen LogP contribution is -2.52. The molecule has 2 aromatic heterocycles. The van der Waals surface area contributed by atoms with Gasteiger partial charge in [0.15, 0.2) is 0 Å². The monoisotopic (exact) mass is 356 g/mol. The SMILES string of the molecule is Cn1nccc1[C@@H]1OCCC[C@H]1C(=O)N1CCN(c2ncccn2)CC1. The van der Waals surface area contributed by atoms with Crippen LogP contribution in [0.4, 0.5) is 5.95 Å². The van der Waals surface area contributed by atoms with Crippen molar-refractivity contribution in [2.75, 3.05) is 37.7 Å². The van der Waals surface area contributed by atoms with E-state index in [4.69, 9.17) is 4.74 Å². The smallest absolute Gasteiger partial charge is 0.228 e. The number of rotatable bonds is 3. The second-order valence-electron chi connectivity index (χ2n) is 6.78. The highest BCUT2D eigenvalue weighted by Gasteiger charge is 2.38. The molecule has 0 aromatic carbocycles. The third-order valence-corrected chi connectivity index (χ3v) is 5.22. The number of ether oxygens (including phenoxy) is 1. The molecule has 0 radical (unpaired) electrons. The van der Waals surface area contributed by atoms with Crippen LogP contribution in [-0.4, -0.2) is 63.3 Å². The molecule has 26 heavy (non-hydrogen) atoms. The van der Waals surface area contributed by atoms with Gasteiger partial charge in [-0.05, 0) is 25.0 Å². The summed E-state index contributed by atoms with van der Waals surface area (Å²) in [6, 6.07) is 3.76. The second-order valence-corrected chi connectivity index (χ2v) is 6.78. The lowest BCUT2D eigenvalue weighted by Gasteiger charge is -2.39. The summed E-state index contributed by atoms with van der Waals surface area (Å²) in [4.78, 5) is 25.9. The zero-order chi connectivity index (χ0) is 17.9. The van der Waals surface area contributed by atoms with E-state index in [1.807, 2.05) is 24.1 Å². The molecule has 0 N–H and O–H groups in total. The molecule has 138 valence electrons. The minimum absolute atomic E-state index is 0.140. The predicted molar refractivity (Wildman–Crippen MR) is 95.5 cm³/mol. The minimum Gasteiger partial charge on any atom is -0.371 e. The lowest BCUT2D eigenvalue weighted by molar-refractivity contribution is -0.146. The first-order chi connectivity index (χ1) is 12.7. The quantitative estimate of drug-likeness (QED) is 0.817. The van der Waals surface area contributed by atoms with Gasteiger partial charge in [0, 0.05) is 58.4 Å². The number of carbonyl (C=O) groups is 1. The summed E-state index contributed by atoms with van der Waals surface area (Å²) in [6.45, 7) is 3.57. The summed E-state index contributed by atoms with van der Waals surface area (Å²) in [6.07, 6.45) is 6.82. The molecule has 2 saturated heterocycles. The largest absolute Gasteiger partial charge is 0.371 e. The molecule has 2 aliphatic heterocycles. The summed E-state index contributed by atoms with van der Waals surface area (Å²) in [7, 11) is 1.90. The first kappa shape index (κ1) is 17.0. The minimum atomic E-state index is -0.209. The molecule has 0 spiro atoms. The third-order valence-electron chi connectivity index (χ3n) is 5.22. The Bertz CT molecular complexity index is 741. The Morgan fingerprint density at radius 1 is 1.15 bits per heavy atom. The van der Waals surface area contributed by atoms with Crippen LogP contribution in [0.5, 0.6) is 0 Å². The fourth-order valence-electron chi connectivity index (χ4n) is 3.80. The summed E-state index contributed by atoms with van der Waals surface area (Å²) >= 11 is 0. The van der Waals surface area contributed by atoms with Crippen molar-refractivity contribution in [3.63, 3.8) is 0 Å². The average molecular weight is 356 g/mol. The average Bonchev–Trinajstić information content (AvgIpc) is 3.14. The molecule has 0 unspecified atom stereocenters. The number of amides is 1. The van der Waals surface area contributed by atoms with Gasteiger partial charge < -0.3 is 14.5 Å². The molecule has 2 fully saturated rings. The molecule has 2 aliphatic rings. The van der Waals surface area contributed by atoms with E-state index in [-0.39, 0.29) is 17.9 Å². The van der Waals surface area contributed by atoms with Crippen LogP contribution in [0.3, 0.4) is 0 Å². The van der Waals surface area contributed by atoms with Gasteiger partial charge in [0.05, 0.1) is 11.6 Å². The van der Waals surface area contributed by atoms with Crippen molar-refractivity contribution in [1.29, 1.82) is 0 Å². The molecule has 8 nitrogen and oxygen atoms in total. The van der Waals surface area contributed by atoms with E-state index < -0.39 is 0 Å². The van der Waals surface area contributed by atoms with Gasteiger partial charge >= 0.3 is 0 Å². The highest BCUT2D eigenvalue weighted by molar-refractivity contribution is 5.80. The van der Waals surface area contributed by atoms with Crippen LogP contribution in [0.1, 0.15) is 24.6 Å². The number of nitrogens with zero attached hydrogens (tertiary/aromatic N) is 6. The highest BCUT2D eigenvalue weighted by atomic mass is 16.5. The topological polar surface area (TPSA) is 76.4 Å². The van der Waals surface area contributed by atoms with Gasteiger partial charge in [-0.1, -0.05) is 0 Å². The van der Waals surface area contributed by atoms with Crippen molar-refractivity contribution in [3.8, 4) is 0 Å². The van der Waals surface area contributed by atoms with E-state index in [2.05, 4.69) is 20.0 Å². The fourth-order valence-corrected chi connectivity index (χ4v) is 3.80. The number of anilines is 1. The van der Waals surface area contributed by atoms with Gasteiger partial charge in [0.2, 0.25) is 11.9 Å². The molecular formula is C18H24N6O2. The van der Waals surface area contributed by atoms with Gasteiger partial charge in [0.1, 0.15) is 6.10 Å². The van der Waals surface area contributed by atoms with Crippen LogP contribution < -0.4 is 4.90 Å². The number of piperazine rings is 1. The summed E-state index contributed by atoms with van der Waals surface area (Å²) in [5, 5.41) is 4.23. The Hall–Kier alpha value is -2.48. The molecule has 8 heteroatoms. The van der Waals surface area contributed by atoms with Crippen LogP contribution in [0.2, 0.25) is 0 Å². The van der Waals surface area contributed by atoms with Crippen molar-refractivity contribution in [2.24, 2.45) is 13.0 Å². The van der Waals surface area contributed by atoms with Gasteiger partial charge in [-0.15, -0.1) is 0 Å². The van der Waals surface area contributed by atoms with Gasteiger partial charge in [-0.2, -0.15) is 5.10 Å². The van der Waals surface area contributed by atoms with Crippen LogP contribution in [-0.2, 0) is 16.6 Å². The molecule has 1 amide bonds. The molecule has 0 bridgehead atoms. The van der Waals surface area contributed by atoms with E-state index in [9.17, 15) is 4.79 Å². The second kappa shape index (κ2) is 7.41. The van der Waals surface area contributed by atoms with Gasteiger partial charge in [-0.3, -0.25) is 9.48 Å². The number of carbonyl (C=O) groups excluding carboxylic acids is 1. The molecular weight excluding hydrogens is 332 g/mol. The first-order valence-electron chi connectivity index (χ1n) is 9.14. The normalized spacial score (nSPS) is 23.9. The Morgan fingerprint density at radius 2 is 1.92 bits per heavy atom. The fraction of sp³-hybridized carbons (Fsp3) is 0.556. The number of hydrogen-bond donors (Lipinski definition) is 0. The predicted octanol–water partition coefficient (Wildman–Crippen LogP) is 1.03. The van der Waals surface area contributed by atoms with E-state index in [0.717, 1.165) is 37.6 Å². The maximum Gasteiger partial charge on any atom is 0.228 e. The molecule has 2 aromatic rings. The molecule has 2 atom stereocenters. The van der Waals surface area contributed by atoms with E-state index >= 15 is 0 Å². The summed E-state index contributed by atoms with van der Waals surface area (Å²) in [5.74, 6) is 0.775. The van der Waals surface area contributed by atoms with Crippen LogP contribution in [0, 0.1) is 5.92 Å². The van der Waals surface area contributed by atoms with E-state index in [1.165, 1.54) is 0 Å². The van der Waals surface area contributed by atoms with Crippen molar-refractivity contribution >= 4 is 11.9 Å². The van der Waals surface area contributed by atoms with Crippen molar-refractivity contribution in [1.82, 2.24) is 24.6 Å². The molecule has 0 saturated carbocycles. The summed E-state index contributed by atoms with van der Waals surface area (Å²) in [5.41, 5.74) is 0.972. The maximum absolute atomic E-state index is 13.2. The van der Waals surface area contributed by atoms with Crippen LogP contribution in [0.15, 0.2) is 30.7 Å². The molecule has 0 aliphatic carbocycles. The molecule has 4 heterocycles. The standard InChI is InChI=1S/C18H24N6O2/c1-22-15(5-8-21-22)16-14(4-2-13-26-16)17(25)23-9-11-24(12-10-23)18-19-6-3-7-20-18/h3,5-8,14,16H,2,4,9-13H2,1H3/t14-,16-/m1/s1. The van der Waals surface area contributed by atoms with E-state index in [1.54, 1.807) is 23.3 Å². The van der Waals surface area contributed by atoms with Crippen LogP contribution in [0.25, 0.3) is 0 Å². The van der Waals surface area contributed by atoms with Crippen molar-refractivity contribution < 1.29 is 9.53 Å². The van der Waals surface area contributed by atoms with Gasteiger partial charge in [0.25, 0.3) is 0 Å². The lowest BCUT2D eigenvalue weighted by atomic mass is 9.90. The van der Waals surface area contributed by atoms with E-state index in [0.29, 0.717) is 19.7 Å². The van der Waals surface area contributed by atoms with Crippen molar-refractivity contribution in [2.45, 2.75) is 18.9 Å². The Balaban J connectivity index is 1.43. The number of hydrogen-bond acceptors (Lipinski definition) is 6. The Labute approximate surface area is 152 Å². The van der Waals surface area contributed by atoms with Crippen molar-refractivity contribution in [3.05, 3.63) is 36.4 Å². The zero-order valence-corrected chi connectivity index (χ0v) is 15.0. The third kappa shape index (κ3) is 3.29. The first-order valence-corrected chi connectivity index (χ1v) is 9.14. The molecule has 4 rings (SSSR count). The highest BCUT2D eigenvalue weighted by Crippen LogP contribution is 2.34. The maximum atomic E-state index is 13.2. The number of aryl methyl sites for hydroxylation is 1. The van der Waals surface area contributed by atoms with Gasteiger partial charge in [-0.25, -0.2) is 9.97 Å².